The van der Waals surface area contributed by atoms with Crippen LogP contribution in [0.5, 0.6) is 0 Å². The van der Waals surface area contributed by atoms with E-state index in [2.05, 4.69) is 0 Å². The molecule has 0 aliphatic carbocycles. The molecule has 0 heterocycles. The van der Waals surface area contributed by atoms with Crippen molar-refractivity contribution in [3.05, 3.63) is 29.3 Å². The van der Waals surface area contributed by atoms with Gasteiger partial charge in [-0.3, -0.25) is 4.57 Å². The van der Waals surface area contributed by atoms with Gasteiger partial charge in [0.2, 0.25) is 0 Å². The van der Waals surface area contributed by atoms with Crippen LogP contribution < -0.4 is 0 Å². The van der Waals surface area contributed by atoms with Gasteiger partial charge in [-0.25, -0.2) is 0 Å². The van der Waals surface area contributed by atoms with Crippen LogP contribution in [0.15, 0.2) is 23.1 Å². The van der Waals surface area contributed by atoms with E-state index in [9.17, 15) is 30.9 Å². The average molecular weight is 396 g/mol. The molecule has 3 nitrogen and oxygen atoms in total. The smallest absolute Gasteiger partial charge is 0.308 e. The third kappa shape index (κ3) is 6.31. The maximum atomic E-state index is 12.8. The highest BCUT2D eigenvalue weighted by Gasteiger charge is 2.37. The van der Waals surface area contributed by atoms with Crippen LogP contribution in [-0.4, -0.2) is 18.7 Å². The van der Waals surface area contributed by atoms with E-state index in [1.807, 2.05) is 0 Å². The SMILES string of the molecule is CCOP(=O)(CSc1cc(C(F)(F)F)cc(C(F)(F)F)c1)OCC. The lowest BCUT2D eigenvalue weighted by Crippen LogP contribution is -2.11. The van der Waals surface area contributed by atoms with Crippen LogP contribution in [0.3, 0.4) is 0 Å². The highest BCUT2D eigenvalue weighted by atomic mass is 32.2. The third-order valence-corrected chi connectivity index (χ3v) is 6.26. The van der Waals surface area contributed by atoms with Crippen LogP contribution in [0.25, 0.3) is 0 Å². The lowest BCUT2D eigenvalue weighted by Gasteiger charge is -2.18. The maximum Gasteiger partial charge on any atom is 0.416 e. The van der Waals surface area contributed by atoms with Gasteiger partial charge in [0.15, 0.2) is 0 Å². The van der Waals surface area contributed by atoms with Crippen molar-refractivity contribution in [2.75, 3.05) is 18.7 Å². The normalized spacial score (nSPS) is 13.3. The molecule has 0 amide bonds. The molecule has 138 valence electrons. The topological polar surface area (TPSA) is 35.5 Å². The molecule has 0 atom stereocenters. The average Bonchev–Trinajstić information content (AvgIpc) is 2.44. The molecule has 1 rings (SSSR count). The second-order valence-corrected chi connectivity index (χ2v) is 7.99. The largest absolute Gasteiger partial charge is 0.416 e. The molecule has 0 N–H and O–H groups in total. The first-order chi connectivity index (χ1) is 10.9. The number of rotatable bonds is 7. The highest BCUT2D eigenvalue weighted by molar-refractivity contribution is 8.04. The molecular formula is C13H15F6O3PS. The Hall–Kier alpha value is -0.700. The minimum atomic E-state index is -4.93. The molecule has 24 heavy (non-hydrogen) atoms. The van der Waals surface area contributed by atoms with Gasteiger partial charge in [0.05, 0.1) is 24.3 Å². The Balaban J connectivity index is 3.12. The summed E-state index contributed by atoms with van der Waals surface area (Å²) >= 11 is 0.555. The maximum absolute atomic E-state index is 12.8. The van der Waals surface area contributed by atoms with Crippen molar-refractivity contribution in [3.63, 3.8) is 0 Å². The van der Waals surface area contributed by atoms with E-state index in [1.54, 1.807) is 13.8 Å². The molecule has 1 aromatic rings. The summed E-state index contributed by atoms with van der Waals surface area (Å²) in [5.74, 6) is 0. The zero-order chi connectivity index (χ0) is 18.6. The molecule has 0 aliphatic heterocycles. The van der Waals surface area contributed by atoms with Gasteiger partial charge in [-0.05, 0) is 32.0 Å². The number of hydrogen-bond acceptors (Lipinski definition) is 4. The lowest BCUT2D eigenvalue weighted by atomic mass is 10.1. The summed E-state index contributed by atoms with van der Waals surface area (Å²) in [6.07, 6.45) is -9.86. The molecule has 0 radical (unpaired) electrons. The van der Waals surface area contributed by atoms with Crippen molar-refractivity contribution in [1.82, 2.24) is 0 Å². The summed E-state index contributed by atoms with van der Waals surface area (Å²) in [5.41, 5.74) is -3.25. The van der Waals surface area contributed by atoms with E-state index in [0.717, 1.165) is 0 Å². The summed E-state index contributed by atoms with van der Waals surface area (Å²) in [6, 6.07) is 1.18. The van der Waals surface area contributed by atoms with E-state index in [-0.39, 0.29) is 24.2 Å². The predicted octanol–water partition coefficient (Wildman–Crippen LogP) is 6.04. The summed E-state index contributed by atoms with van der Waals surface area (Å²) in [7, 11) is -3.60. The number of hydrogen-bond donors (Lipinski definition) is 0. The van der Waals surface area contributed by atoms with Crippen LogP contribution in [0.1, 0.15) is 25.0 Å². The van der Waals surface area contributed by atoms with Crippen LogP contribution >= 0.6 is 19.4 Å². The van der Waals surface area contributed by atoms with Crippen LogP contribution in [0.4, 0.5) is 26.3 Å². The number of thioether (sulfide) groups is 1. The van der Waals surface area contributed by atoms with Crippen molar-refractivity contribution < 1.29 is 40.0 Å². The molecule has 0 aromatic heterocycles. The van der Waals surface area contributed by atoms with Crippen molar-refractivity contribution in [3.8, 4) is 0 Å². The highest BCUT2D eigenvalue weighted by Crippen LogP contribution is 2.52. The second kappa shape index (κ2) is 8.12. The molecule has 0 spiro atoms. The monoisotopic (exact) mass is 396 g/mol. The summed E-state index contributed by atoms with van der Waals surface area (Å²) < 4.78 is 98.8. The van der Waals surface area contributed by atoms with Gasteiger partial charge in [0.25, 0.3) is 0 Å². The van der Waals surface area contributed by atoms with Gasteiger partial charge in [-0.2, -0.15) is 26.3 Å². The van der Waals surface area contributed by atoms with E-state index < -0.39 is 36.6 Å². The Labute approximate surface area is 139 Å². The van der Waals surface area contributed by atoms with Crippen molar-refractivity contribution in [2.45, 2.75) is 31.1 Å². The number of alkyl halides is 6. The van der Waals surface area contributed by atoms with Gasteiger partial charge in [0.1, 0.15) is 5.49 Å². The number of benzene rings is 1. The fourth-order valence-electron chi connectivity index (χ4n) is 1.67. The predicted molar refractivity (Wildman–Crippen MR) is 78.0 cm³/mol. The third-order valence-electron chi connectivity index (χ3n) is 2.60. The quantitative estimate of drug-likeness (QED) is 0.320. The van der Waals surface area contributed by atoms with E-state index in [1.165, 1.54) is 0 Å². The van der Waals surface area contributed by atoms with Crippen molar-refractivity contribution in [2.24, 2.45) is 0 Å². The molecule has 0 bridgehead atoms. The minimum Gasteiger partial charge on any atom is -0.308 e. The van der Waals surface area contributed by atoms with Crippen LogP contribution in [0, 0.1) is 0 Å². The standard InChI is InChI=1S/C13H15F6O3PS/c1-3-21-23(20,22-4-2)8-24-11-6-9(12(14,15)16)5-10(7-11)13(17,18)19/h5-7H,3-4,8H2,1-2H3. The summed E-state index contributed by atoms with van der Waals surface area (Å²) in [5, 5.41) is 0. The Morgan fingerprint density at radius 3 is 1.67 bits per heavy atom. The summed E-state index contributed by atoms with van der Waals surface area (Å²) in [4.78, 5) is -0.322. The Kier molecular flexibility index (Phi) is 7.22. The first-order valence-electron chi connectivity index (χ1n) is 6.71. The fourth-order valence-corrected chi connectivity index (χ4v) is 4.78. The van der Waals surface area contributed by atoms with Gasteiger partial charge < -0.3 is 9.05 Å². The molecule has 0 aliphatic rings. The minimum absolute atomic E-state index is 0.0359. The first kappa shape index (κ1) is 21.3. The zero-order valence-electron chi connectivity index (χ0n) is 12.7. The van der Waals surface area contributed by atoms with E-state index in [4.69, 9.17) is 9.05 Å². The van der Waals surface area contributed by atoms with E-state index >= 15 is 0 Å². The molecule has 0 fully saturated rings. The Morgan fingerprint density at radius 2 is 1.33 bits per heavy atom. The van der Waals surface area contributed by atoms with Crippen molar-refractivity contribution in [1.29, 1.82) is 0 Å². The Morgan fingerprint density at radius 1 is 0.917 bits per heavy atom. The lowest BCUT2D eigenvalue weighted by molar-refractivity contribution is -0.143. The second-order valence-electron chi connectivity index (χ2n) is 4.46. The van der Waals surface area contributed by atoms with E-state index in [0.29, 0.717) is 23.9 Å². The van der Waals surface area contributed by atoms with Gasteiger partial charge >= 0.3 is 19.9 Å². The fraction of sp³-hybridized carbons (Fsp3) is 0.538. The van der Waals surface area contributed by atoms with Crippen LogP contribution in [-0.2, 0) is 26.0 Å². The van der Waals surface area contributed by atoms with Gasteiger partial charge in [-0.15, -0.1) is 11.8 Å². The molecule has 11 heteroatoms. The van der Waals surface area contributed by atoms with Crippen molar-refractivity contribution >= 4 is 19.4 Å². The van der Waals surface area contributed by atoms with Gasteiger partial charge in [-0.1, -0.05) is 0 Å². The Bertz CT molecular complexity index is 560. The van der Waals surface area contributed by atoms with Gasteiger partial charge in [0, 0.05) is 4.90 Å². The zero-order valence-corrected chi connectivity index (χ0v) is 14.4. The molecule has 0 unspecified atom stereocenters. The van der Waals surface area contributed by atoms with Crippen LogP contribution in [0.2, 0.25) is 0 Å². The first-order valence-corrected chi connectivity index (χ1v) is 9.43. The molecule has 1 aromatic carbocycles. The molecule has 0 saturated carbocycles. The number of halogens is 6. The summed E-state index contributed by atoms with van der Waals surface area (Å²) in [6.45, 7) is 3.16. The molecular weight excluding hydrogens is 381 g/mol. The molecule has 0 saturated heterocycles.